The van der Waals surface area contributed by atoms with Gasteiger partial charge >= 0.3 is 0 Å². The van der Waals surface area contributed by atoms with Gasteiger partial charge in [0.25, 0.3) is 5.91 Å². The number of carbonyl (C=O) groups excluding carboxylic acids is 1. The Morgan fingerprint density at radius 2 is 1.89 bits per heavy atom. The molecule has 2 aromatic rings. The molecular formula is C21H25NO5. The fourth-order valence-electron chi connectivity index (χ4n) is 2.80. The highest BCUT2D eigenvalue weighted by atomic mass is 16.5. The molecule has 1 amide bonds. The Balaban J connectivity index is 1.42. The van der Waals surface area contributed by atoms with Crippen LogP contribution < -0.4 is 19.5 Å². The molecule has 1 aliphatic heterocycles. The number of amides is 1. The summed E-state index contributed by atoms with van der Waals surface area (Å²) < 4.78 is 22.0. The Morgan fingerprint density at radius 1 is 1.07 bits per heavy atom. The van der Waals surface area contributed by atoms with E-state index in [9.17, 15) is 4.79 Å². The number of nitrogens with one attached hydrogen (secondary N) is 1. The lowest BCUT2D eigenvalue weighted by Crippen LogP contribution is -2.25. The zero-order valence-electron chi connectivity index (χ0n) is 15.5. The summed E-state index contributed by atoms with van der Waals surface area (Å²) in [5.41, 5.74) is 0.690. The Kier molecular flexibility index (Phi) is 6.93. The molecule has 0 saturated carbocycles. The molecule has 1 fully saturated rings. The van der Waals surface area contributed by atoms with Gasteiger partial charge in [0.1, 0.15) is 23.9 Å². The van der Waals surface area contributed by atoms with E-state index in [1.54, 1.807) is 31.4 Å². The van der Waals surface area contributed by atoms with Crippen molar-refractivity contribution in [3.63, 3.8) is 0 Å². The van der Waals surface area contributed by atoms with Crippen LogP contribution in [0.25, 0.3) is 0 Å². The molecule has 1 N–H and O–H groups in total. The summed E-state index contributed by atoms with van der Waals surface area (Å²) in [4.78, 5) is 12.0. The lowest BCUT2D eigenvalue weighted by molar-refractivity contribution is -0.118. The summed E-state index contributed by atoms with van der Waals surface area (Å²) in [7, 11) is 1.58. The molecule has 0 spiro atoms. The van der Waals surface area contributed by atoms with Gasteiger partial charge in [-0.3, -0.25) is 4.79 Å². The van der Waals surface area contributed by atoms with E-state index in [1.807, 2.05) is 24.3 Å². The molecular weight excluding hydrogens is 346 g/mol. The van der Waals surface area contributed by atoms with E-state index in [0.717, 1.165) is 25.2 Å². The monoisotopic (exact) mass is 371 g/mol. The Labute approximate surface area is 159 Å². The fraction of sp³-hybridized carbons (Fsp3) is 0.381. The van der Waals surface area contributed by atoms with Crippen molar-refractivity contribution in [3.8, 4) is 17.2 Å². The number of benzene rings is 2. The van der Waals surface area contributed by atoms with Gasteiger partial charge in [-0.05, 0) is 55.7 Å². The van der Waals surface area contributed by atoms with Crippen LogP contribution in [0.15, 0.2) is 48.5 Å². The summed E-state index contributed by atoms with van der Waals surface area (Å²) in [6.07, 6.45) is 3.54. The van der Waals surface area contributed by atoms with Crippen LogP contribution in [-0.4, -0.2) is 38.9 Å². The highest BCUT2D eigenvalue weighted by molar-refractivity contribution is 5.91. The minimum Gasteiger partial charge on any atom is -0.497 e. The smallest absolute Gasteiger partial charge is 0.262 e. The van der Waals surface area contributed by atoms with Crippen LogP contribution in [0.1, 0.15) is 19.3 Å². The zero-order valence-corrected chi connectivity index (χ0v) is 15.5. The summed E-state index contributed by atoms with van der Waals surface area (Å²) in [5.74, 6) is 1.79. The van der Waals surface area contributed by atoms with E-state index in [2.05, 4.69) is 5.32 Å². The van der Waals surface area contributed by atoms with Crippen molar-refractivity contribution in [1.29, 1.82) is 0 Å². The lowest BCUT2D eigenvalue weighted by Gasteiger charge is -2.22. The SMILES string of the molecule is COc1cccc(OCC(=O)Nc2ccc(OCC3CCCCO3)cc2)c1. The third-order valence-electron chi connectivity index (χ3n) is 4.26. The molecule has 0 radical (unpaired) electrons. The van der Waals surface area contributed by atoms with Crippen LogP contribution in [0.2, 0.25) is 0 Å². The van der Waals surface area contributed by atoms with Crippen molar-refractivity contribution >= 4 is 11.6 Å². The van der Waals surface area contributed by atoms with Crippen LogP contribution in [-0.2, 0) is 9.53 Å². The molecule has 2 aromatic carbocycles. The standard InChI is InChI=1S/C21H25NO5/c1-24-18-6-4-7-19(13-18)27-15-21(23)22-16-8-10-17(11-9-16)26-14-20-5-2-3-12-25-20/h4,6-11,13,20H,2-3,5,12,14-15H2,1H3,(H,22,23). The largest absolute Gasteiger partial charge is 0.497 e. The van der Waals surface area contributed by atoms with Gasteiger partial charge in [0.2, 0.25) is 0 Å². The molecule has 0 aliphatic carbocycles. The van der Waals surface area contributed by atoms with Crippen LogP contribution in [0.5, 0.6) is 17.2 Å². The normalized spacial score (nSPS) is 16.4. The van der Waals surface area contributed by atoms with Gasteiger partial charge in [0.05, 0.1) is 13.2 Å². The van der Waals surface area contributed by atoms with Crippen LogP contribution >= 0.6 is 0 Å². The minimum atomic E-state index is -0.234. The van der Waals surface area contributed by atoms with E-state index < -0.39 is 0 Å². The van der Waals surface area contributed by atoms with Crippen molar-refractivity contribution in [1.82, 2.24) is 0 Å². The number of hydrogen-bond acceptors (Lipinski definition) is 5. The Bertz CT molecular complexity index is 726. The molecule has 0 bridgehead atoms. The van der Waals surface area contributed by atoms with E-state index in [1.165, 1.54) is 6.42 Å². The molecule has 6 nitrogen and oxygen atoms in total. The third kappa shape index (κ3) is 6.18. The summed E-state index contributed by atoms with van der Waals surface area (Å²) >= 11 is 0. The quantitative estimate of drug-likeness (QED) is 0.767. The minimum absolute atomic E-state index is 0.0789. The number of carbonyl (C=O) groups is 1. The number of rotatable bonds is 8. The number of anilines is 1. The second kappa shape index (κ2) is 9.83. The fourth-order valence-corrected chi connectivity index (χ4v) is 2.80. The van der Waals surface area contributed by atoms with Gasteiger partial charge in [0, 0.05) is 18.4 Å². The predicted molar refractivity (Wildman–Crippen MR) is 103 cm³/mol. The molecule has 27 heavy (non-hydrogen) atoms. The van der Waals surface area contributed by atoms with Crippen molar-refractivity contribution in [2.75, 3.05) is 32.2 Å². The van der Waals surface area contributed by atoms with Crippen molar-refractivity contribution in [2.45, 2.75) is 25.4 Å². The molecule has 3 rings (SSSR count). The zero-order chi connectivity index (χ0) is 18.9. The van der Waals surface area contributed by atoms with Gasteiger partial charge in [-0.25, -0.2) is 0 Å². The third-order valence-corrected chi connectivity index (χ3v) is 4.26. The first-order valence-corrected chi connectivity index (χ1v) is 9.14. The summed E-state index contributed by atoms with van der Waals surface area (Å²) in [5, 5.41) is 2.80. The first-order valence-electron chi connectivity index (χ1n) is 9.14. The molecule has 144 valence electrons. The Hall–Kier alpha value is -2.73. The van der Waals surface area contributed by atoms with Crippen molar-refractivity contribution in [3.05, 3.63) is 48.5 Å². The van der Waals surface area contributed by atoms with Crippen LogP contribution in [0.3, 0.4) is 0 Å². The molecule has 6 heteroatoms. The van der Waals surface area contributed by atoms with Crippen molar-refractivity contribution < 1.29 is 23.7 Å². The number of ether oxygens (including phenoxy) is 4. The van der Waals surface area contributed by atoms with Gasteiger partial charge in [0.15, 0.2) is 6.61 Å². The van der Waals surface area contributed by atoms with Crippen LogP contribution in [0.4, 0.5) is 5.69 Å². The Morgan fingerprint density at radius 3 is 2.63 bits per heavy atom. The van der Waals surface area contributed by atoms with Gasteiger partial charge in [-0.15, -0.1) is 0 Å². The molecule has 1 unspecified atom stereocenters. The second-order valence-electron chi connectivity index (χ2n) is 6.34. The maximum Gasteiger partial charge on any atom is 0.262 e. The molecule has 1 saturated heterocycles. The molecule has 1 aliphatic rings. The highest BCUT2D eigenvalue weighted by Gasteiger charge is 2.14. The lowest BCUT2D eigenvalue weighted by atomic mass is 10.1. The average Bonchev–Trinajstić information content (AvgIpc) is 2.73. The highest BCUT2D eigenvalue weighted by Crippen LogP contribution is 2.20. The van der Waals surface area contributed by atoms with E-state index >= 15 is 0 Å². The average molecular weight is 371 g/mol. The van der Waals surface area contributed by atoms with Gasteiger partial charge in [-0.1, -0.05) is 6.07 Å². The first kappa shape index (κ1) is 19.0. The number of methoxy groups -OCH3 is 1. The topological polar surface area (TPSA) is 66.0 Å². The summed E-state index contributed by atoms with van der Waals surface area (Å²) in [6.45, 7) is 1.29. The van der Waals surface area contributed by atoms with E-state index in [0.29, 0.717) is 23.8 Å². The van der Waals surface area contributed by atoms with Gasteiger partial charge < -0.3 is 24.3 Å². The van der Waals surface area contributed by atoms with E-state index in [4.69, 9.17) is 18.9 Å². The van der Waals surface area contributed by atoms with Gasteiger partial charge in [-0.2, -0.15) is 0 Å². The van der Waals surface area contributed by atoms with E-state index in [-0.39, 0.29) is 18.6 Å². The molecule has 1 heterocycles. The van der Waals surface area contributed by atoms with Crippen LogP contribution in [0, 0.1) is 0 Å². The predicted octanol–water partition coefficient (Wildman–Crippen LogP) is 3.66. The summed E-state index contributed by atoms with van der Waals surface area (Å²) in [6, 6.07) is 14.4. The molecule has 0 aromatic heterocycles. The second-order valence-corrected chi connectivity index (χ2v) is 6.34. The van der Waals surface area contributed by atoms with Crippen molar-refractivity contribution in [2.24, 2.45) is 0 Å². The first-order chi connectivity index (χ1) is 13.2. The maximum atomic E-state index is 12.0. The molecule has 1 atom stereocenters. The number of hydrogen-bond donors (Lipinski definition) is 1. The maximum absolute atomic E-state index is 12.0.